The molecule has 0 bridgehead atoms. The molecule has 5 nitrogen and oxygen atoms in total. The number of likely N-dealkylation sites (tertiary alicyclic amines) is 1. The highest BCUT2D eigenvalue weighted by atomic mass is 16.2. The van der Waals surface area contributed by atoms with Crippen molar-refractivity contribution in [3.63, 3.8) is 0 Å². The average molecular weight is 248 g/mol. The number of nitrogen functional groups attached to an aromatic ring is 1. The lowest BCUT2D eigenvalue weighted by Crippen LogP contribution is -2.31. The minimum Gasteiger partial charge on any atom is -0.368 e. The van der Waals surface area contributed by atoms with Crippen molar-refractivity contribution in [3.8, 4) is 0 Å². The fourth-order valence-electron chi connectivity index (χ4n) is 2.41. The van der Waals surface area contributed by atoms with Crippen LogP contribution in [-0.4, -0.2) is 27.3 Å². The molecule has 18 heavy (non-hydrogen) atoms. The number of hydrogen-bond donors (Lipinski definition) is 1. The Morgan fingerprint density at radius 3 is 3.06 bits per heavy atom. The fraction of sp³-hybridized carbons (Fsp3) is 0.615. The molecule has 0 aliphatic carbocycles. The smallest absolute Gasteiger partial charge is 0.223 e. The number of nitrogens with zero attached hydrogens (tertiary/aromatic N) is 3. The third-order valence-electron chi connectivity index (χ3n) is 3.19. The van der Waals surface area contributed by atoms with Gasteiger partial charge in [-0.05, 0) is 24.8 Å². The second-order valence-corrected chi connectivity index (χ2v) is 5.18. The van der Waals surface area contributed by atoms with E-state index in [1.54, 1.807) is 6.20 Å². The highest BCUT2D eigenvalue weighted by Crippen LogP contribution is 2.31. The van der Waals surface area contributed by atoms with E-state index in [-0.39, 0.29) is 17.9 Å². The summed E-state index contributed by atoms with van der Waals surface area (Å²) in [4.78, 5) is 22.2. The van der Waals surface area contributed by atoms with Crippen LogP contribution < -0.4 is 5.73 Å². The number of hydrogen-bond acceptors (Lipinski definition) is 4. The first-order chi connectivity index (χ1) is 8.58. The van der Waals surface area contributed by atoms with E-state index < -0.39 is 0 Å². The van der Waals surface area contributed by atoms with Crippen LogP contribution in [0.5, 0.6) is 0 Å². The van der Waals surface area contributed by atoms with Crippen LogP contribution in [0.4, 0.5) is 5.95 Å². The Kier molecular flexibility index (Phi) is 3.79. The predicted octanol–water partition coefficient (Wildman–Crippen LogP) is 1.77. The number of carbonyl (C=O) groups is 1. The standard InChI is InChI=1S/C13H20N4O/c1-9(2)8-12(18)17-7-3-4-11(17)10-5-6-15-13(14)16-10/h5-6,9,11H,3-4,7-8H2,1-2H3,(H2,14,15,16)/t11-/m1/s1. The maximum atomic E-state index is 12.2. The number of aromatic nitrogens is 2. The van der Waals surface area contributed by atoms with E-state index in [9.17, 15) is 4.79 Å². The Morgan fingerprint density at radius 2 is 2.39 bits per heavy atom. The Hall–Kier alpha value is -1.65. The van der Waals surface area contributed by atoms with Crippen LogP contribution in [-0.2, 0) is 4.79 Å². The van der Waals surface area contributed by atoms with Gasteiger partial charge < -0.3 is 10.6 Å². The van der Waals surface area contributed by atoms with Gasteiger partial charge in [0, 0.05) is 19.2 Å². The van der Waals surface area contributed by atoms with Gasteiger partial charge in [-0.25, -0.2) is 9.97 Å². The zero-order valence-corrected chi connectivity index (χ0v) is 11.0. The molecule has 0 radical (unpaired) electrons. The number of anilines is 1. The fourth-order valence-corrected chi connectivity index (χ4v) is 2.41. The summed E-state index contributed by atoms with van der Waals surface area (Å²) in [5, 5.41) is 0. The molecule has 2 rings (SSSR count). The molecule has 0 aromatic carbocycles. The molecule has 2 N–H and O–H groups in total. The van der Waals surface area contributed by atoms with Crippen LogP contribution in [0, 0.1) is 5.92 Å². The summed E-state index contributed by atoms with van der Waals surface area (Å²) in [6, 6.07) is 1.92. The van der Waals surface area contributed by atoms with Crippen LogP contribution in [0.15, 0.2) is 12.3 Å². The first-order valence-electron chi connectivity index (χ1n) is 6.46. The van der Waals surface area contributed by atoms with Gasteiger partial charge in [0.15, 0.2) is 0 Å². The van der Waals surface area contributed by atoms with Crippen LogP contribution in [0.25, 0.3) is 0 Å². The van der Waals surface area contributed by atoms with Crippen LogP contribution >= 0.6 is 0 Å². The van der Waals surface area contributed by atoms with Gasteiger partial charge in [0.2, 0.25) is 11.9 Å². The van der Waals surface area contributed by atoms with Crippen molar-refractivity contribution >= 4 is 11.9 Å². The molecule has 98 valence electrons. The van der Waals surface area contributed by atoms with Gasteiger partial charge in [-0.15, -0.1) is 0 Å². The summed E-state index contributed by atoms with van der Waals surface area (Å²) in [7, 11) is 0. The minimum atomic E-state index is 0.0709. The van der Waals surface area contributed by atoms with Crippen molar-refractivity contribution in [2.75, 3.05) is 12.3 Å². The molecule has 1 aliphatic rings. The largest absolute Gasteiger partial charge is 0.368 e. The summed E-state index contributed by atoms with van der Waals surface area (Å²) in [6.07, 6.45) is 4.23. The third-order valence-corrected chi connectivity index (χ3v) is 3.19. The minimum absolute atomic E-state index is 0.0709. The lowest BCUT2D eigenvalue weighted by atomic mass is 10.1. The zero-order valence-electron chi connectivity index (χ0n) is 11.0. The molecular weight excluding hydrogens is 228 g/mol. The lowest BCUT2D eigenvalue weighted by Gasteiger charge is -2.25. The van der Waals surface area contributed by atoms with Crippen LogP contribution in [0.2, 0.25) is 0 Å². The molecule has 2 heterocycles. The molecule has 1 atom stereocenters. The monoisotopic (exact) mass is 248 g/mol. The van der Waals surface area contributed by atoms with Gasteiger partial charge in [-0.3, -0.25) is 4.79 Å². The van der Waals surface area contributed by atoms with E-state index in [1.165, 1.54) is 0 Å². The number of nitrogens with two attached hydrogens (primary N) is 1. The first-order valence-corrected chi connectivity index (χ1v) is 6.46. The Balaban J connectivity index is 2.14. The van der Waals surface area contributed by atoms with Gasteiger partial charge >= 0.3 is 0 Å². The van der Waals surface area contributed by atoms with Crippen molar-refractivity contribution in [1.82, 2.24) is 14.9 Å². The van der Waals surface area contributed by atoms with E-state index in [0.717, 1.165) is 25.1 Å². The Bertz CT molecular complexity index is 433. The zero-order chi connectivity index (χ0) is 13.1. The van der Waals surface area contributed by atoms with Crippen LogP contribution in [0.3, 0.4) is 0 Å². The average Bonchev–Trinajstić information content (AvgIpc) is 2.76. The maximum absolute atomic E-state index is 12.2. The summed E-state index contributed by atoms with van der Waals surface area (Å²) in [5.74, 6) is 0.870. The van der Waals surface area contributed by atoms with Crippen LogP contribution in [0.1, 0.15) is 44.8 Å². The highest BCUT2D eigenvalue weighted by Gasteiger charge is 2.30. The van der Waals surface area contributed by atoms with Gasteiger partial charge in [0.1, 0.15) is 0 Å². The molecule has 1 aromatic rings. The van der Waals surface area contributed by atoms with Gasteiger partial charge in [0.25, 0.3) is 0 Å². The molecule has 1 fully saturated rings. The summed E-state index contributed by atoms with van der Waals surface area (Å²) in [6.45, 7) is 4.94. The third kappa shape index (κ3) is 2.78. The highest BCUT2D eigenvalue weighted by molar-refractivity contribution is 5.77. The molecule has 5 heteroatoms. The van der Waals surface area contributed by atoms with Gasteiger partial charge in [-0.2, -0.15) is 0 Å². The number of amides is 1. The predicted molar refractivity (Wildman–Crippen MR) is 69.6 cm³/mol. The summed E-state index contributed by atoms with van der Waals surface area (Å²) in [5.41, 5.74) is 6.46. The Morgan fingerprint density at radius 1 is 1.61 bits per heavy atom. The van der Waals surface area contributed by atoms with E-state index in [4.69, 9.17) is 5.73 Å². The molecule has 1 aliphatic heterocycles. The molecule has 1 saturated heterocycles. The molecule has 1 amide bonds. The Labute approximate surface area is 107 Å². The van der Waals surface area contributed by atoms with Crippen molar-refractivity contribution in [2.24, 2.45) is 5.92 Å². The van der Waals surface area contributed by atoms with E-state index in [0.29, 0.717) is 12.3 Å². The van der Waals surface area contributed by atoms with Gasteiger partial charge in [0.05, 0.1) is 11.7 Å². The number of rotatable bonds is 3. The topological polar surface area (TPSA) is 72.1 Å². The van der Waals surface area contributed by atoms with Crippen molar-refractivity contribution < 1.29 is 4.79 Å². The normalized spacial score (nSPS) is 19.5. The number of carbonyl (C=O) groups excluding carboxylic acids is 1. The first kappa shape index (κ1) is 12.8. The lowest BCUT2D eigenvalue weighted by molar-refractivity contribution is -0.133. The van der Waals surface area contributed by atoms with Crippen molar-refractivity contribution in [1.29, 1.82) is 0 Å². The van der Waals surface area contributed by atoms with E-state index in [2.05, 4.69) is 23.8 Å². The second-order valence-electron chi connectivity index (χ2n) is 5.18. The molecule has 1 aromatic heterocycles. The van der Waals surface area contributed by atoms with Crippen molar-refractivity contribution in [3.05, 3.63) is 18.0 Å². The molecule has 0 saturated carbocycles. The van der Waals surface area contributed by atoms with Gasteiger partial charge in [-0.1, -0.05) is 13.8 Å². The molecule has 0 unspecified atom stereocenters. The second kappa shape index (κ2) is 5.33. The van der Waals surface area contributed by atoms with Crippen molar-refractivity contribution in [2.45, 2.75) is 39.2 Å². The maximum Gasteiger partial charge on any atom is 0.223 e. The molecule has 0 spiro atoms. The summed E-state index contributed by atoms with van der Waals surface area (Å²) < 4.78 is 0. The SMILES string of the molecule is CC(C)CC(=O)N1CCC[C@@H]1c1ccnc(N)n1. The summed E-state index contributed by atoms with van der Waals surface area (Å²) >= 11 is 0. The van der Waals surface area contributed by atoms with E-state index in [1.807, 2.05) is 11.0 Å². The quantitative estimate of drug-likeness (QED) is 0.884. The molecular formula is C13H20N4O. The van der Waals surface area contributed by atoms with E-state index >= 15 is 0 Å².